The summed E-state index contributed by atoms with van der Waals surface area (Å²) in [5.41, 5.74) is 1.26. The molecule has 1 heterocycles. The first-order valence-electron chi connectivity index (χ1n) is 5.93. The second kappa shape index (κ2) is 5.08. The van der Waals surface area contributed by atoms with Gasteiger partial charge in [0.2, 0.25) is 0 Å². The summed E-state index contributed by atoms with van der Waals surface area (Å²) in [5.74, 6) is 0.573. The first-order valence-corrected chi connectivity index (χ1v) is 6.81. The molecule has 15 heavy (non-hydrogen) atoms. The number of hydrogen-bond donors (Lipinski definition) is 1. The third-order valence-electron chi connectivity index (χ3n) is 2.98. The molecular weight excluding hydrogens is 204 g/mol. The summed E-state index contributed by atoms with van der Waals surface area (Å²) in [6, 6.07) is 0.799. The van der Waals surface area contributed by atoms with E-state index in [1.54, 1.807) is 11.3 Å². The molecule has 1 aromatic heterocycles. The van der Waals surface area contributed by atoms with Crippen molar-refractivity contribution in [2.24, 2.45) is 0 Å². The van der Waals surface area contributed by atoms with Gasteiger partial charge in [-0.15, -0.1) is 11.3 Å². The summed E-state index contributed by atoms with van der Waals surface area (Å²) in [6.45, 7) is 5.50. The molecule has 1 aromatic rings. The average molecular weight is 224 g/mol. The lowest BCUT2D eigenvalue weighted by Crippen LogP contribution is -2.36. The molecule has 1 fully saturated rings. The van der Waals surface area contributed by atoms with Crippen LogP contribution in [0.5, 0.6) is 0 Å². The molecule has 0 saturated heterocycles. The van der Waals surface area contributed by atoms with Gasteiger partial charge in [-0.05, 0) is 12.8 Å². The van der Waals surface area contributed by atoms with Crippen LogP contribution in [0.15, 0.2) is 5.38 Å². The molecule has 2 rings (SSSR count). The van der Waals surface area contributed by atoms with Crippen molar-refractivity contribution >= 4 is 11.3 Å². The molecule has 3 heteroatoms. The first-order chi connectivity index (χ1) is 7.25. The lowest BCUT2D eigenvalue weighted by Gasteiger charge is -2.26. The fraction of sp³-hybridized carbons (Fsp3) is 0.750. The van der Waals surface area contributed by atoms with Crippen molar-refractivity contribution in [2.45, 2.75) is 51.5 Å². The number of thiazole rings is 1. The van der Waals surface area contributed by atoms with Crippen LogP contribution in [0.2, 0.25) is 0 Å². The molecule has 1 aliphatic rings. The van der Waals surface area contributed by atoms with Gasteiger partial charge in [0.05, 0.1) is 10.7 Å². The summed E-state index contributed by atoms with van der Waals surface area (Å²) < 4.78 is 0. The zero-order chi connectivity index (χ0) is 10.7. The molecule has 1 saturated carbocycles. The Morgan fingerprint density at radius 3 is 2.87 bits per heavy atom. The summed E-state index contributed by atoms with van der Waals surface area (Å²) >= 11 is 1.80. The van der Waals surface area contributed by atoms with Crippen molar-refractivity contribution in [1.82, 2.24) is 10.3 Å². The van der Waals surface area contributed by atoms with Gasteiger partial charge in [0, 0.05) is 30.3 Å². The van der Waals surface area contributed by atoms with Gasteiger partial charge in [-0.25, -0.2) is 4.98 Å². The molecule has 2 nitrogen and oxygen atoms in total. The molecule has 0 spiro atoms. The van der Waals surface area contributed by atoms with Crippen LogP contribution < -0.4 is 5.32 Å². The second-order valence-corrected chi connectivity index (χ2v) is 5.55. The van der Waals surface area contributed by atoms with E-state index in [0.29, 0.717) is 5.92 Å². The minimum absolute atomic E-state index is 0.573. The van der Waals surface area contributed by atoms with E-state index < -0.39 is 0 Å². The fourth-order valence-corrected chi connectivity index (χ4v) is 2.59. The monoisotopic (exact) mass is 224 g/mol. The maximum Gasteiger partial charge on any atom is 0.0953 e. The van der Waals surface area contributed by atoms with E-state index in [1.165, 1.54) is 30.0 Å². The van der Waals surface area contributed by atoms with E-state index in [0.717, 1.165) is 19.0 Å². The van der Waals surface area contributed by atoms with Crippen LogP contribution in [0, 0.1) is 0 Å². The summed E-state index contributed by atoms with van der Waals surface area (Å²) in [5, 5.41) is 7.05. The van der Waals surface area contributed by atoms with Crippen LogP contribution in [-0.2, 0) is 6.42 Å². The van der Waals surface area contributed by atoms with Gasteiger partial charge in [-0.1, -0.05) is 20.3 Å². The van der Waals surface area contributed by atoms with E-state index in [-0.39, 0.29) is 0 Å². The molecule has 0 bridgehead atoms. The second-order valence-electron chi connectivity index (χ2n) is 4.66. The third kappa shape index (κ3) is 3.02. The minimum atomic E-state index is 0.573. The van der Waals surface area contributed by atoms with Crippen LogP contribution in [0.25, 0.3) is 0 Å². The van der Waals surface area contributed by atoms with Gasteiger partial charge in [-0.3, -0.25) is 0 Å². The molecule has 0 aliphatic heterocycles. The highest BCUT2D eigenvalue weighted by Crippen LogP contribution is 2.20. The van der Waals surface area contributed by atoms with E-state index in [2.05, 4.69) is 29.5 Å². The molecule has 1 N–H and O–H groups in total. The SMILES string of the molecule is CC(C)c1nc(CCNC2CCC2)cs1. The average Bonchev–Trinajstić information content (AvgIpc) is 2.57. The van der Waals surface area contributed by atoms with Crippen molar-refractivity contribution in [3.63, 3.8) is 0 Å². The van der Waals surface area contributed by atoms with Gasteiger partial charge >= 0.3 is 0 Å². The molecular formula is C12H20N2S. The smallest absolute Gasteiger partial charge is 0.0953 e. The Balaban J connectivity index is 1.72. The zero-order valence-corrected chi connectivity index (χ0v) is 10.4. The standard InChI is InChI=1S/C12H20N2S/c1-9(2)12-14-11(8-15-12)6-7-13-10-4-3-5-10/h8-10,13H,3-7H2,1-2H3. The Bertz CT molecular complexity index is 302. The summed E-state index contributed by atoms with van der Waals surface area (Å²) in [6.07, 6.45) is 5.23. The number of rotatable bonds is 5. The van der Waals surface area contributed by atoms with E-state index in [4.69, 9.17) is 0 Å². The van der Waals surface area contributed by atoms with Crippen LogP contribution in [0.4, 0.5) is 0 Å². The quantitative estimate of drug-likeness (QED) is 0.832. The normalized spacial score (nSPS) is 17.0. The Labute approximate surface area is 96.1 Å². The Kier molecular flexibility index (Phi) is 3.76. The fourth-order valence-electron chi connectivity index (χ4n) is 1.72. The van der Waals surface area contributed by atoms with Crippen molar-refractivity contribution < 1.29 is 0 Å². The first kappa shape index (κ1) is 11.1. The predicted molar refractivity (Wildman–Crippen MR) is 65.5 cm³/mol. The van der Waals surface area contributed by atoms with Gasteiger partial charge in [0.25, 0.3) is 0 Å². The largest absolute Gasteiger partial charge is 0.314 e. The molecule has 0 radical (unpaired) electrons. The highest BCUT2D eigenvalue weighted by atomic mass is 32.1. The van der Waals surface area contributed by atoms with Crippen LogP contribution in [0.3, 0.4) is 0 Å². The zero-order valence-electron chi connectivity index (χ0n) is 9.62. The molecule has 1 aliphatic carbocycles. The van der Waals surface area contributed by atoms with Crippen molar-refractivity contribution in [3.8, 4) is 0 Å². The van der Waals surface area contributed by atoms with Gasteiger partial charge < -0.3 is 5.32 Å². The van der Waals surface area contributed by atoms with Crippen LogP contribution in [0.1, 0.15) is 49.7 Å². The molecule has 0 unspecified atom stereocenters. The van der Waals surface area contributed by atoms with Gasteiger partial charge in [-0.2, -0.15) is 0 Å². The topological polar surface area (TPSA) is 24.9 Å². The molecule has 84 valence electrons. The minimum Gasteiger partial charge on any atom is -0.314 e. The summed E-state index contributed by atoms with van der Waals surface area (Å²) in [4.78, 5) is 4.63. The van der Waals surface area contributed by atoms with Crippen molar-refractivity contribution in [2.75, 3.05) is 6.54 Å². The van der Waals surface area contributed by atoms with Gasteiger partial charge in [0.15, 0.2) is 0 Å². The van der Waals surface area contributed by atoms with Crippen molar-refractivity contribution in [3.05, 3.63) is 16.1 Å². The lowest BCUT2D eigenvalue weighted by atomic mass is 9.93. The Hall–Kier alpha value is -0.410. The number of nitrogens with zero attached hydrogens (tertiary/aromatic N) is 1. The maximum atomic E-state index is 4.63. The summed E-state index contributed by atoms with van der Waals surface area (Å²) in [7, 11) is 0. The highest BCUT2D eigenvalue weighted by Gasteiger charge is 2.15. The molecule has 0 amide bonds. The lowest BCUT2D eigenvalue weighted by molar-refractivity contribution is 0.341. The van der Waals surface area contributed by atoms with Crippen molar-refractivity contribution in [1.29, 1.82) is 0 Å². The Morgan fingerprint density at radius 1 is 1.53 bits per heavy atom. The van der Waals surface area contributed by atoms with Crippen LogP contribution >= 0.6 is 11.3 Å². The maximum absolute atomic E-state index is 4.63. The Morgan fingerprint density at radius 2 is 2.33 bits per heavy atom. The predicted octanol–water partition coefficient (Wildman–Crippen LogP) is 2.95. The van der Waals surface area contributed by atoms with Gasteiger partial charge in [0.1, 0.15) is 0 Å². The van der Waals surface area contributed by atoms with E-state index in [9.17, 15) is 0 Å². The number of nitrogens with one attached hydrogen (secondary N) is 1. The van der Waals surface area contributed by atoms with E-state index >= 15 is 0 Å². The van der Waals surface area contributed by atoms with E-state index in [1.807, 2.05) is 0 Å². The number of hydrogen-bond acceptors (Lipinski definition) is 3. The molecule has 0 aromatic carbocycles. The number of aromatic nitrogens is 1. The van der Waals surface area contributed by atoms with Crippen LogP contribution in [-0.4, -0.2) is 17.6 Å². The molecule has 0 atom stereocenters. The highest BCUT2D eigenvalue weighted by molar-refractivity contribution is 7.09. The third-order valence-corrected chi connectivity index (χ3v) is 4.18.